The SMILES string of the molecule is CCCCc1ccc(C(=O)OCC(=O)OCC)cc1. The molecule has 0 N–H and O–H groups in total. The molecule has 1 rings (SSSR count). The quantitative estimate of drug-likeness (QED) is 0.711. The van der Waals surface area contributed by atoms with Crippen molar-refractivity contribution >= 4 is 11.9 Å². The van der Waals surface area contributed by atoms with Crippen molar-refractivity contribution in [1.29, 1.82) is 0 Å². The average Bonchev–Trinajstić information content (AvgIpc) is 2.43. The molecule has 0 aliphatic rings. The summed E-state index contributed by atoms with van der Waals surface area (Å²) in [6, 6.07) is 7.27. The number of carbonyl (C=O) groups is 2. The predicted molar refractivity (Wildman–Crippen MR) is 72.0 cm³/mol. The minimum atomic E-state index is -0.532. The van der Waals surface area contributed by atoms with Gasteiger partial charge in [0.2, 0.25) is 0 Å². The number of benzene rings is 1. The highest BCUT2D eigenvalue weighted by atomic mass is 16.6. The Kier molecular flexibility index (Phi) is 6.64. The first-order chi connectivity index (χ1) is 9.17. The Balaban J connectivity index is 2.46. The Morgan fingerprint density at radius 1 is 1.05 bits per heavy atom. The molecule has 0 fully saturated rings. The van der Waals surface area contributed by atoms with Crippen LogP contribution in [0.4, 0.5) is 0 Å². The highest BCUT2D eigenvalue weighted by molar-refractivity contribution is 5.90. The molecule has 0 bridgehead atoms. The van der Waals surface area contributed by atoms with Gasteiger partial charge in [-0.1, -0.05) is 25.5 Å². The number of aryl methyl sites for hydroxylation is 1. The van der Waals surface area contributed by atoms with Crippen molar-refractivity contribution in [2.45, 2.75) is 33.1 Å². The largest absolute Gasteiger partial charge is 0.463 e. The first-order valence-corrected chi connectivity index (χ1v) is 6.59. The van der Waals surface area contributed by atoms with Gasteiger partial charge in [0, 0.05) is 0 Å². The average molecular weight is 264 g/mol. The van der Waals surface area contributed by atoms with Gasteiger partial charge in [0.05, 0.1) is 12.2 Å². The van der Waals surface area contributed by atoms with E-state index in [9.17, 15) is 9.59 Å². The molecule has 1 aromatic rings. The third-order valence-corrected chi connectivity index (χ3v) is 2.64. The van der Waals surface area contributed by atoms with E-state index in [2.05, 4.69) is 11.7 Å². The molecule has 0 aliphatic carbocycles. The van der Waals surface area contributed by atoms with Crippen LogP contribution < -0.4 is 0 Å². The molecule has 0 aliphatic heterocycles. The summed E-state index contributed by atoms with van der Waals surface area (Å²) in [5.41, 5.74) is 1.65. The van der Waals surface area contributed by atoms with Gasteiger partial charge < -0.3 is 9.47 Å². The highest BCUT2D eigenvalue weighted by Gasteiger charge is 2.10. The monoisotopic (exact) mass is 264 g/mol. The van der Waals surface area contributed by atoms with E-state index in [1.54, 1.807) is 19.1 Å². The van der Waals surface area contributed by atoms with E-state index in [1.807, 2.05) is 12.1 Å². The van der Waals surface area contributed by atoms with Crippen LogP contribution in [0.3, 0.4) is 0 Å². The van der Waals surface area contributed by atoms with Crippen molar-refractivity contribution in [3.8, 4) is 0 Å². The van der Waals surface area contributed by atoms with Crippen LogP contribution in [0.15, 0.2) is 24.3 Å². The third-order valence-electron chi connectivity index (χ3n) is 2.64. The molecule has 4 heteroatoms. The zero-order valence-corrected chi connectivity index (χ0v) is 11.5. The minimum Gasteiger partial charge on any atom is -0.463 e. The number of esters is 2. The van der Waals surface area contributed by atoms with E-state index in [0.717, 1.165) is 19.3 Å². The maximum Gasteiger partial charge on any atom is 0.344 e. The first kappa shape index (κ1) is 15.2. The molecule has 0 aromatic heterocycles. The third kappa shape index (κ3) is 5.55. The molecule has 0 radical (unpaired) electrons. The molecule has 1 aromatic carbocycles. The summed E-state index contributed by atoms with van der Waals surface area (Å²) in [4.78, 5) is 22.7. The van der Waals surface area contributed by atoms with Crippen molar-refractivity contribution in [2.75, 3.05) is 13.2 Å². The predicted octanol–water partition coefficient (Wildman–Crippen LogP) is 2.75. The molecule has 0 heterocycles. The van der Waals surface area contributed by atoms with Crippen LogP contribution in [0.1, 0.15) is 42.6 Å². The van der Waals surface area contributed by atoms with Crippen molar-refractivity contribution in [1.82, 2.24) is 0 Å². The summed E-state index contributed by atoms with van der Waals surface area (Å²) in [6.45, 7) is 3.78. The second-order valence-corrected chi connectivity index (χ2v) is 4.18. The van der Waals surface area contributed by atoms with Crippen LogP contribution in [0.2, 0.25) is 0 Å². The van der Waals surface area contributed by atoms with Gasteiger partial charge in [-0.3, -0.25) is 0 Å². The minimum absolute atomic E-state index is 0.280. The van der Waals surface area contributed by atoms with Crippen molar-refractivity contribution in [3.05, 3.63) is 35.4 Å². The van der Waals surface area contributed by atoms with Gasteiger partial charge in [0.15, 0.2) is 6.61 Å². The van der Waals surface area contributed by atoms with Crippen molar-refractivity contribution in [3.63, 3.8) is 0 Å². The van der Waals surface area contributed by atoms with Crippen LogP contribution in [0, 0.1) is 0 Å². The van der Waals surface area contributed by atoms with Crippen LogP contribution >= 0.6 is 0 Å². The Labute approximate surface area is 113 Å². The lowest BCUT2D eigenvalue weighted by molar-refractivity contribution is -0.146. The number of unbranched alkanes of at least 4 members (excludes halogenated alkanes) is 1. The molecule has 0 saturated carbocycles. The summed E-state index contributed by atoms with van der Waals surface area (Å²) < 4.78 is 9.53. The number of rotatable bonds is 7. The zero-order chi connectivity index (χ0) is 14.1. The Morgan fingerprint density at radius 3 is 2.32 bits per heavy atom. The van der Waals surface area contributed by atoms with E-state index >= 15 is 0 Å². The normalized spacial score (nSPS) is 10.0. The van der Waals surface area contributed by atoms with E-state index in [0.29, 0.717) is 5.56 Å². The van der Waals surface area contributed by atoms with Crippen LogP contribution in [-0.2, 0) is 20.7 Å². The van der Waals surface area contributed by atoms with Crippen molar-refractivity contribution < 1.29 is 19.1 Å². The van der Waals surface area contributed by atoms with Gasteiger partial charge in [-0.15, -0.1) is 0 Å². The fourth-order valence-electron chi connectivity index (χ4n) is 1.60. The molecular formula is C15H20O4. The Hall–Kier alpha value is -1.84. The van der Waals surface area contributed by atoms with Crippen LogP contribution in [0.5, 0.6) is 0 Å². The lowest BCUT2D eigenvalue weighted by Crippen LogP contribution is -2.16. The van der Waals surface area contributed by atoms with Gasteiger partial charge in [0.25, 0.3) is 0 Å². The van der Waals surface area contributed by atoms with Crippen molar-refractivity contribution in [2.24, 2.45) is 0 Å². The first-order valence-electron chi connectivity index (χ1n) is 6.59. The fraction of sp³-hybridized carbons (Fsp3) is 0.467. The van der Waals surface area contributed by atoms with Gasteiger partial charge in [0.1, 0.15) is 0 Å². The number of hydrogen-bond donors (Lipinski definition) is 0. The molecule has 0 unspecified atom stereocenters. The molecule has 19 heavy (non-hydrogen) atoms. The number of carbonyl (C=O) groups excluding carboxylic acids is 2. The molecule has 0 spiro atoms. The molecular weight excluding hydrogens is 244 g/mol. The van der Waals surface area contributed by atoms with E-state index in [1.165, 1.54) is 5.56 Å². The Morgan fingerprint density at radius 2 is 1.74 bits per heavy atom. The van der Waals surface area contributed by atoms with Gasteiger partial charge in [-0.2, -0.15) is 0 Å². The smallest absolute Gasteiger partial charge is 0.344 e. The summed E-state index contributed by atoms with van der Waals surface area (Å²) in [5.74, 6) is -1.04. The zero-order valence-electron chi connectivity index (χ0n) is 11.5. The maximum absolute atomic E-state index is 11.6. The number of hydrogen-bond acceptors (Lipinski definition) is 4. The van der Waals surface area contributed by atoms with E-state index in [4.69, 9.17) is 4.74 Å². The standard InChI is InChI=1S/C15H20O4/c1-3-5-6-12-7-9-13(10-8-12)15(17)19-11-14(16)18-4-2/h7-10H,3-6,11H2,1-2H3. The summed E-state index contributed by atoms with van der Waals surface area (Å²) in [7, 11) is 0. The summed E-state index contributed by atoms with van der Waals surface area (Å²) >= 11 is 0. The van der Waals surface area contributed by atoms with E-state index < -0.39 is 11.9 Å². The molecule has 0 amide bonds. The molecule has 0 saturated heterocycles. The molecule has 0 atom stereocenters. The molecule has 4 nitrogen and oxygen atoms in total. The highest BCUT2D eigenvalue weighted by Crippen LogP contribution is 2.09. The second kappa shape index (κ2) is 8.29. The summed E-state index contributed by atoms with van der Waals surface area (Å²) in [5, 5.41) is 0. The second-order valence-electron chi connectivity index (χ2n) is 4.18. The topological polar surface area (TPSA) is 52.6 Å². The fourth-order valence-corrected chi connectivity index (χ4v) is 1.60. The lowest BCUT2D eigenvalue weighted by atomic mass is 10.1. The summed E-state index contributed by atoms with van der Waals surface area (Å²) in [6.07, 6.45) is 3.28. The van der Waals surface area contributed by atoms with Gasteiger partial charge in [-0.05, 0) is 37.5 Å². The van der Waals surface area contributed by atoms with Gasteiger partial charge >= 0.3 is 11.9 Å². The van der Waals surface area contributed by atoms with Gasteiger partial charge in [-0.25, -0.2) is 9.59 Å². The lowest BCUT2D eigenvalue weighted by Gasteiger charge is -2.05. The molecule has 104 valence electrons. The maximum atomic E-state index is 11.6. The van der Waals surface area contributed by atoms with E-state index in [-0.39, 0.29) is 13.2 Å². The Bertz CT molecular complexity index is 409. The van der Waals surface area contributed by atoms with Crippen LogP contribution in [-0.4, -0.2) is 25.2 Å². The number of ether oxygens (including phenoxy) is 2. The van der Waals surface area contributed by atoms with Crippen LogP contribution in [0.25, 0.3) is 0 Å².